The number of carbonyl (C=O) groups excluding carboxylic acids is 1. The van der Waals surface area contributed by atoms with Crippen molar-refractivity contribution in [2.45, 2.75) is 32.0 Å². The first-order valence-corrected chi connectivity index (χ1v) is 9.27. The molecule has 27 heavy (non-hydrogen) atoms. The maximum absolute atomic E-state index is 13.3. The maximum Gasteiger partial charge on any atom is 0.350 e. The molecule has 8 heteroatoms. The summed E-state index contributed by atoms with van der Waals surface area (Å²) in [6.07, 6.45) is 9.03. The highest BCUT2D eigenvalue weighted by Crippen LogP contribution is 2.28. The average molecular weight is 367 g/mol. The lowest BCUT2D eigenvalue weighted by molar-refractivity contribution is 0.0431. The van der Waals surface area contributed by atoms with E-state index in [4.69, 9.17) is 11.5 Å². The first-order chi connectivity index (χ1) is 13.2. The molecule has 0 saturated carbocycles. The van der Waals surface area contributed by atoms with Gasteiger partial charge in [0.25, 0.3) is 0 Å². The zero-order chi connectivity index (χ0) is 18.8. The normalized spacial score (nSPS) is 22.2. The van der Waals surface area contributed by atoms with Gasteiger partial charge in [0, 0.05) is 31.9 Å². The summed E-state index contributed by atoms with van der Waals surface area (Å²) in [7, 11) is 0. The third-order valence-electron chi connectivity index (χ3n) is 5.10. The number of likely N-dealkylation sites (tertiary alicyclic amines) is 1. The first-order valence-electron chi connectivity index (χ1n) is 9.27. The molecule has 1 atom stereocenters. The van der Waals surface area contributed by atoms with E-state index in [9.17, 15) is 4.79 Å². The van der Waals surface area contributed by atoms with Crippen LogP contribution in [0.2, 0.25) is 0 Å². The number of hydrazine groups is 1. The second kappa shape index (κ2) is 7.42. The fourth-order valence-corrected chi connectivity index (χ4v) is 3.69. The van der Waals surface area contributed by atoms with Crippen LogP contribution in [0.3, 0.4) is 0 Å². The lowest BCUT2D eigenvalue weighted by Gasteiger charge is -2.45. The van der Waals surface area contributed by atoms with E-state index in [1.54, 1.807) is 28.5 Å². The number of rotatable bonds is 4. The van der Waals surface area contributed by atoms with Gasteiger partial charge in [-0.2, -0.15) is 15.2 Å². The Kier molecular flexibility index (Phi) is 4.83. The highest BCUT2D eigenvalue weighted by Gasteiger charge is 2.36. The molecule has 4 N–H and O–H groups in total. The molecule has 142 valence electrons. The molecule has 1 unspecified atom stereocenters. The van der Waals surface area contributed by atoms with Crippen LogP contribution in [0.25, 0.3) is 0 Å². The van der Waals surface area contributed by atoms with Crippen LogP contribution in [-0.4, -0.2) is 51.3 Å². The van der Waals surface area contributed by atoms with Crippen LogP contribution in [0.4, 0.5) is 4.79 Å². The number of piperidine rings is 1. The van der Waals surface area contributed by atoms with Gasteiger partial charge in [0.05, 0.1) is 19.0 Å². The van der Waals surface area contributed by atoms with Crippen molar-refractivity contribution in [2.75, 3.05) is 13.1 Å². The Morgan fingerprint density at radius 2 is 2.04 bits per heavy atom. The Morgan fingerprint density at radius 3 is 2.81 bits per heavy atom. The number of amides is 2. The number of carbonyl (C=O) groups is 1. The fourth-order valence-electron chi connectivity index (χ4n) is 3.69. The second-order valence-corrected chi connectivity index (χ2v) is 6.95. The van der Waals surface area contributed by atoms with Crippen LogP contribution >= 0.6 is 0 Å². The predicted molar refractivity (Wildman–Crippen MR) is 103 cm³/mol. The molecule has 1 aromatic rings. The summed E-state index contributed by atoms with van der Waals surface area (Å²) in [5.74, 6) is 0.825. The van der Waals surface area contributed by atoms with Crippen molar-refractivity contribution >= 4 is 12.2 Å². The summed E-state index contributed by atoms with van der Waals surface area (Å²) in [6, 6.07) is 7.92. The van der Waals surface area contributed by atoms with Crippen LogP contribution in [-0.2, 0) is 13.1 Å². The molecular weight excluding hydrogens is 342 g/mol. The van der Waals surface area contributed by atoms with E-state index in [-0.39, 0.29) is 12.1 Å². The Hall–Kier alpha value is -2.84. The summed E-state index contributed by atoms with van der Waals surface area (Å²) in [4.78, 5) is 17.2. The predicted octanol–water partition coefficient (Wildman–Crippen LogP) is 1.34. The van der Waals surface area contributed by atoms with E-state index in [1.807, 2.05) is 30.5 Å². The van der Waals surface area contributed by atoms with Gasteiger partial charge in [-0.05, 0) is 30.0 Å². The first kappa shape index (κ1) is 17.6. The van der Waals surface area contributed by atoms with Crippen molar-refractivity contribution in [3.05, 3.63) is 59.7 Å². The Bertz CT molecular complexity index is 803. The number of hydrazone groups is 1. The smallest absolute Gasteiger partial charge is 0.350 e. The Balaban J connectivity index is 1.70. The molecule has 8 nitrogen and oxygen atoms in total. The van der Waals surface area contributed by atoms with Gasteiger partial charge in [0.2, 0.25) is 0 Å². The lowest BCUT2D eigenvalue weighted by atomic mass is 10.1. The molecule has 0 spiro atoms. The third kappa shape index (κ3) is 3.41. The topological polar surface area (TPSA) is 94.4 Å². The van der Waals surface area contributed by atoms with Crippen molar-refractivity contribution in [3.8, 4) is 0 Å². The average Bonchev–Trinajstić information content (AvgIpc) is 2.70. The van der Waals surface area contributed by atoms with Crippen LogP contribution in [0, 0.1) is 0 Å². The summed E-state index contributed by atoms with van der Waals surface area (Å²) in [6.45, 7) is 2.48. The van der Waals surface area contributed by atoms with Gasteiger partial charge in [-0.1, -0.05) is 24.3 Å². The number of nitrogens with two attached hydrogens (primary N) is 2. The Labute approximate surface area is 158 Å². The van der Waals surface area contributed by atoms with Gasteiger partial charge in [-0.3, -0.25) is 4.90 Å². The zero-order valence-electron chi connectivity index (χ0n) is 15.2. The van der Waals surface area contributed by atoms with Gasteiger partial charge in [0.15, 0.2) is 0 Å². The van der Waals surface area contributed by atoms with Crippen molar-refractivity contribution in [3.63, 3.8) is 0 Å². The molecule has 0 bridgehead atoms. The van der Waals surface area contributed by atoms with Crippen molar-refractivity contribution in [2.24, 2.45) is 16.6 Å². The SMILES string of the molecule is NCc1ccccc1CN1C(=O)N2C=CC=NN2C=C1N1CCCC(N)C1. The van der Waals surface area contributed by atoms with Crippen LogP contribution < -0.4 is 11.5 Å². The lowest BCUT2D eigenvalue weighted by Crippen LogP contribution is -2.55. The van der Waals surface area contributed by atoms with Crippen LogP contribution in [0.1, 0.15) is 24.0 Å². The number of benzene rings is 1. The molecule has 4 rings (SSSR count). The number of hydrogen-bond acceptors (Lipinski definition) is 6. The maximum atomic E-state index is 13.3. The van der Waals surface area contributed by atoms with E-state index in [2.05, 4.69) is 10.0 Å². The number of urea groups is 1. The molecule has 1 aromatic carbocycles. The van der Waals surface area contributed by atoms with Gasteiger partial charge in [0.1, 0.15) is 5.82 Å². The van der Waals surface area contributed by atoms with E-state index in [0.717, 1.165) is 42.9 Å². The van der Waals surface area contributed by atoms with Crippen LogP contribution in [0.15, 0.2) is 53.7 Å². The Morgan fingerprint density at radius 1 is 1.22 bits per heavy atom. The van der Waals surface area contributed by atoms with Crippen LogP contribution in [0.5, 0.6) is 0 Å². The molecule has 3 aliphatic rings. The van der Waals surface area contributed by atoms with Crippen molar-refractivity contribution in [1.29, 1.82) is 0 Å². The fraction of sp³-hybridized carbons (Fsp3) is 0.368. The minimum Gasteiger partial charge on any atom is -0.355 e. The number of allylic oxidation sites excluding steroid dienone is 1. The van der Waals surface area contributed by atoms with E-state index in [1.165, 1.54) is 5.01 Å². The molecule has 0 aromatic heterocycles. The standard InChI is InChI=1S/C19H25N7O/c20-11-15-5-1-2-6-16(15)12-24-18(23-9-3-7-17(21)13-23)14-26-22-8-4-10-25(26)19(24)27/h1-2,4-6,8,10,14,17H,3,7,9,11-13,20-21H2. The van der Waals surface area contributed by atoms with Gasteiger partial charge >= 0.3 is 6.03 Å². The number of fused-ring (bicyclic) bond motifs is 1. The molecule has 3 heterocycles. The zero-order valence-corrected chi connectivity index (χ0v) is 15.2. The van der Waals surface area contributed by atoms with E-state index >= 15 is 0 Å². The molecule has 0 aliphatic carbocycles. The van der Waals surface area contributed by atoms with Crippen molar-refractivity contribution < 1.29 is 4.79 Å². The molecule has 0 radical (unpaired) electrons. The van der Waals surface area contributed by atoms with Gasteiger partial charge < -0.3 is 16.4 Å². The number of hydrogen-bond donors (Lipinski definition) is 2. The van der Waals surface area contributed by atoms with E-state index < -0.39 is 0 Å². The number of nitrogens with zero attached hydrogens (tertiary/aromatic N) is 5. The summed E-state index contributed by atoms with van der Waals surface area (Å²) >= 11 is 0. The summed E-state index contributed by atoms with van der Waals surface area (Å²) in [5, 5.41) is 7.36. The molecule has 1 fully saturated rings. The highest BCUT2D eigenvalue weighted by atomic mass is 16.2. The summed E-state index contributed by atoms with van der Waals surface area (Å²) < 4.78 is 0. The quantitative estimate of drug-likeness (QED) is 0.837. The summed E-state index contributed by atoms with van der Waals surface area (Å²) in [5.41, 5.74) is 14.2. The monoisotopic (exact) mass is 367 g/mol. The molecule has 2 amide bonds. The largest absolute Gasteiger partial charge is 0.355 e. The van der Waals surface area contributed by atoms with E-state index in [0.29, 0.717) is 13.1 Å². The molecular formula is C19H25N7O. The molecule has 1 saturated heterocycles. The van der Waals surface area contributed by atoms with Gasteiger partial charge in [-0.25, -0.2) is 4.79 Å². The highest BCUT2D eigenvalue weighted by molar-refractivity contribution is 5.81. The minimum atomic E-state index is -0.147. The minimum absolute atomic E-state index is 0.107. The third-order valence-corrected chi connectivity index (χ3v) is 5.10. The van der Waals surface area contributed by atoms with Gasteiger partial charge in [-0.15, -0.1) is 0 Å². The molecule has 3 aliphatic heterocycles. The van der Waals surface area contributed by atoms with Crippen molar-refractivity contribution in [1.82, 2.24) is 19.9 Å². The second-order valence-electron chi connectivity index (χ2n) is 6.95.